The van der Waals surface area contributed by atoms with Crippen molar-refractivity contribution in [3.05, 3.63) is 0 Å². The zero-order valence-electron chi connectivity index (χ0n) is 6.68. The van der Waals surface area contributed by atoms with Gasteiger partial charge < -0.3 is 4.79 Å². The average molecular weight is 140 g/mol. The lowest BCUT2D eigenvalue weighted by molar-refractivity contribution is -0.109. The fourth-order valence-corrected chi connectivity index (χ4v) is 1.43. The Balaban J connectivity index is 1.91. The van der Waals surface area contributed by atoms with Gasteiger partial charge in [-0.25, -0.2) is 0 Å². The zero-order valence-corrected chi connectivity index (χ0v) is 6.68. The van der Waals surface area contributed by atoms with E-state index in [0.717, 1.165) is 12.2 Å². The number of unbranched alkanes of at least 4 members (excludes halogenated alkanes) is 2. The molecule has 0 heterocycles. The van der Waals surface area contributed by atoms with E-state index in [1.165, 1.54) is 32.1 Å². The number of carbonyl (C=O) groups is 1. The summed E-state index contributed by atoms with van der Waals surface area (Å²) >= 11 is 0. The highest BCUT2D eigenvalue weighted by molar-refractivity contribution is 5.58. The SMILES string of the molecule is CCCCC[C@@H]1C[C@@H]1C=O. The Bertz CT molecular complexity index is 109. The van der Waals surface area contributed by atoms with Crippen LogP contribution in [0.1, 0.15) is 39.0 Å². The third-order valence-electron chi connectivity index (χ3n) is 2.33. The first-order valence-electron chi connectivity index (χ1n) is 4.33. The molecule has 2 atom stereocenters. The van der Waals surface area contributed by atoms with Gasteiger partial charge in [0.2, 0.25) is 0 Å². The number of aldehydes is 1. The monoisotopic (exact) mass is 140 g/mol. The van der Waals surface area contributed by atoms with Gasteiger partial charge in [-0.15, -0.1) is 0 Å². The van der Waals surface area contributed by atoms with Crippen LogP contribution in [0.2, 0.25) is 0 Å². The van der Waals surface area contributed by atoms with Crippen LogP contribution >= 0.6 is 0 Å². The van der Waals surface area contributed by atoms with Crippen molar-refractivity contribution in [3.8, 4) is 0 Å². The quantitative estimate of drug-likeness (QED) is 0.423. The molecule has 1 heteroatoms. The van der Waals surface area contributed by atoms with Crippen molar-refractivity contribution in [2.75, 3.05) is 0 Å². The molecule has 1 saturated carbocycles. The molecular formula is C9H16O. The van der Waals surface area contributed by atoms with Crippen molar-refractivity contribution in [1.82, 2.24) is 0 Å². The molecule has 0 unspecified atom stereocenters. The van der Waals surface area contributed by atoms with Crippen LogP contribution in [0, 0.1) is 11.8 Å². The van der Waals surface area contributed by atoms with Gasteiger partial charge in [-0.1, -0.05) is 26.2 Å². The lowest BCUT2D eigenvalue weighted by atomic mass is 10.1. The predicted octanol–water partition coefficient (Wildman–Crippen LogP) is 2.40. The molecule has 0 amide bonds. The molecule has 0 radical (unpaired) electrons. The number of hydrogen-bond donors (Lipinski definition) is 0. The predicted molar refractivity (Wildman–Crippen MR) is 41.8 cm³/mol. The first kappa shape index (κ1) is 7.77. The van der Waals surface area contributed by atoms with Gasteiger partial charge in [-0.05, 0) is 18.8 Å². The maximum absolute atomic E-state index is 10.2. The Morgan fingerprint density at radius 3 is 2.80 bits per heavy atom. The minimum atomic E-state index is 0.442. The smallest absolute Gasteiger partial charge is 0.123 e. The number of carbonyl (C=O) groups excluding carboxylic acids is 1. The fourth-order valence-electron chi connectivity index (χ4n) is 1.43. The van der Waals surface area contributed by atoms with Crippen molar-refractivity contribution in [3.63, 3.8) is 0 Å². The van der Waals surface area contributed by atoms with Crippen molar-refractivity contribution in [1.29, 1.82) is 0 Å². The van der Waals surface area contributed by atoms with E-state index in [4.69, 9.17) is 0 Å². The molecule has 1 fully saturated rings. The van der Waals surface area contributed by atoms with Crippen molar-refractivity contribution >= 4 is 6.29 Å². The third-order valence-corrected chi connectivity index (χ3v) is 2.33. The molecule has 0 bridgehead atoms. The molecule has 1 aliphatic carbocycles. The van der Waals surface area contributed by atoms with Gasteiger partial charge in [0.15, 0.2) is 0 Å². The third kappa shape index (κ3) is 2.13. The molecule has 0 aromatic carbocycles. The van der Waals surface area contributed by atoms with E-state index >= 15 is 0 Å². The molecular weight excluding hydrogens is 124 g/mol. The van der Waals surface area contributed by atoms with Crippen LogP contribution < -0.4 is 0 Å². The van der Waals surface area contributed by atoms with Crippen LogP contribution in [-0.4, -0.2) is 6.29 Å². The Morgan fingerprint density at radius 2 is 2.30 bits per heavy atom. The summed E-state index contributed by atoms with van der Waals surface area (Å²) in [4.78, 5) is 10.2. The summed E-state index contributed by atoms with van der Waals surface area (Å²) in [5.74, 6) is 1.21. The molecule has 58 valence electrons. The Morgan fingerprint density at radius 1 is 1.50 bits per heavy atom. The minimum absolute atomic E-state index is 0.442. The molecule has 10 heavy (non-hydrogen) atoms. The van der Waals surface area contributed by atoms with E-state index in [1.807, 2.05) is 0 Å². The highest BCUT2D eigenvalue weighted by Gasteiger charge is 2.35. The maximum atomic E-state index is 10.2. The van der Waals surface area contributed by atoms with E-state index in [0.29, 0.717) is 5.92 Å². The van der Waals surface area contributed by atoms with Crippen LogP contribution in [0.15, 0.2) is 0 Å². The minimum Gasteiger partial charge on any atom is -0.303 e. The molecule has 0 aliphatic heterocycles. The molecule has 1 rings (SSSR count). The lowest BCUT2D eigenvalue weighted by Gasteiger charge is -1.94. The molecule has 0 saturated heterocycles. The summed E-state index contributed by atoms with van der Waals surface area (Å²) in [6.45, 7) is 2.21. The second kappa shape index (κ2) is 3.75. The van der Waals surface area contributed by atoms with Gasteiger partial charge in [0.05, 0.1) is 0 Å². The van der Waals surface area contributed by atoms with Crippen LogP contribution in [-0.2, 0) is 4.79 Å². The lowest BCUT2D eigenvalue weighted by Crippen LogP contribution is -1.83. The van der Waals surface area contributed by atoms with Gasteiger partial charge in [0.1, 0.15) is 6.29 Å². The molecule has 1 aliphatic rings. The Labute approximate surface area is 62.8 Å². The van der Waals surface area contributed by atoms with Gasteiger partial charge in [0, 0.05) is 5.92 Å². The molecule has 0 aromatic rings. The van der Waals surface area contributed by atoms with E-state index in [2.05, 4.69) is 6.92 Å². The van der Waals surface area contributed by atoms with E-state index < -0.39 is 0 Å². The van der Waals surface area contributed by atoms with E-state index in [-0.39, 0.29) is 0 Å². The highest BCUT2D eigenvalue weighted by atomic mass is 16.1. The van der Waals surface area contributed by atoms with Crippen LogP contribution in [0.5, 0.6) is 0 Å². The Hall–Kier alpha value is -0.330. The first-order chi connectivity index (χ1) is 4.88. The normalized spacial score (nSPS) is 30.1. The molecule has 0 spiro atoms. The Kier molecular flexibility index (Phi) is 2.91. The first-order valence-corrected chi connectivity index (χ1v) is 4.33. The van der Waals surface area contributed by atoms with Gasteiger partial charge in [0.25, 0.3) is 0 Å². The summed E-state index contributed by atoms with van der Waals surface area (Å²) < 4.78 is 0. The van der Waals surface area contributed by atoms with Gasteiger partial charge >= 0.3 is 0 Å². The summed E-state index contributed by atoms with van der Waals surface area (Å²) in [7, 11) is 0. The van der Waals surface area contributed by atoms with Crippen molar-refractivity contribution in [2.24, 2.45) is 11.8 Å². The number of hydrogen-bond acceptors (Lipinski definition) is 1. The van der Waals surface area contributed by atoms with Crippen LogP contribution in [0.4, 0.5) is 0 Å². The van der Waals surface area contributed by atoms with Gasteiger partial charge in [-0.2, -0.15) is 0 Å². The average Bonchev–Trinajstić information content (AvgIpc) is 2.68. The summed E-state index contributed by atoms with van der Waals surface area (Å²) in [5.41, 5.74) is 0. The van der Waals surface area contributed by atoms with Crippen molar-refractivity contribution < 1.29 is 4.79 Å². The number of rotatable bonds is 5. The zero-order chi connectivity index (χ0) is 7.40. The molecule has 0 N–H and O–H groups in total. The second-order valence-electron chi connectivity index (χ2n) is 3.29. The summed E-state index contributed by atoms with van der Waals surface area (Å²) in [6, 6.07) is 0. The fraction of sp³-hybridized carbons (Fsp3) is 0.889. The van der Waals surface area contributed by atoms with Crippen LogP contribution in [0.25, 0.3) is 0 Å². The second-order valence-corrected chi connectivity index (χ2v) is 3.29. The van der Waals surface area contributed by atoms with Crippen molar-refractivity contribution in [2.45, 2.75) is 39.0 Å². The molecule has 0 aromatic heterocycles. The standard InChI is InChI=1S/C9H16O/c1-2-3-4-5-8-6-9(8)7-10/h7-9H,2-6H2,1H3/t8-,9-/m1/s1. The van der Waals surface area contributed by atoms with E-state index in [9.17, 15) is 4.79 Å². The largest absolute Gasteiger partial charge is 0.303 e. The molecule has 1 nitrogen and oxygen atoms in total. The van der Waals surface area contributed by atoms with Gasteiger partial charge in [-0.3, -0.25) is 0 Å². The summed E-state index contributed by atoms with van der Waals surface area (Å²) in [5, 5.41) is 0. The maximum Gasteiger partial charge on any atom is 0.123 e. The van der Waals surface area contributed by atoms with E-state index in [1.54, 1.807) is 0 Å². The highest BCUT2D eigenvalue weighted by Crippen LogP contribution is 2.40. The topological polar surface area (TPSA) is 17.1 Å². The summed E-state index contributed by atoms with van der Waals surface area (Å²) in [6.07, 6.45) is 7.53. The van der Waals surface area contributed by atoms with Crippen LogP contribution in [0.3, 0.4) is 0 Å².